The van der Waals surface area contributed by atoms with E-state index in [-0.39, 0.29) is 6.42 Å². The Balaban J connectivity index is 2.00. The van der Waals surface area contributed by atoms with Gasteiger partial charge >= 0.3 is 12.1 Å². The number of benzene rings is 1. The highest BCUT2D eigenvalue weighted by molar-refractivity contribution is 6.67. The molecule has 1 fully saturated rings. The van der Waals surface area contributed by atoms with Gasteiger partial charge in [-0.3, -0.25) is 19.4 Å². The number of halogens is 3. The monoisotopic (exact) mass is 592 g/mol. The van der Waals surface area contributed by atoms with Crippen LogP contribution in [0.25, 0.3) is 0 Å². The number of ether oxygens (including phenoxy) is 2. The molecule has 0 bridgehead atoms. The highest BCUT2D eigenvalue weighted by Gasteiger charge is 2.34. The zero-order chi connectivity index (χ0) is 28.5. The second kappa shape index (κ2) is 14.2. The first-order valence-electron chi connectivity index (χ1n) is 12.3. The molecule has 0 aliphatic carbocycles. The second-order valence-electron chi connectivity index (χ2n) is 9.99. The highest BCUT2D eigenvalue weighted by atomic mass is 35.6. The number of rotatable bonds is 9. The zero-order valence-electron chi connectivity index (χ0n) is 21.9. The van der Waals surface area contributed by atoms with Gasteiger partial charge in [0.25, 0.3) is 5.91 Å². The highest BCUT2D eigenvalue weighted by Crippen LogP contribution is 2.26. The largest absolute Gasteiger partial charge is 0.460 e. The van der Waals surface area contributed by atoms with Crippen molar-refractivity contribution in [2.75, 3.05) is 13.2 Å². The van der Waals surface area contributed by atoms with E-state index in [1.807, 2.05) is 30.3 Å². The maximum atomic E-state index is 13.1. The number of nitrogens with one attached hydrogen (secondary N) is 3. The molecule has 3 atom stereocenters. The van der Waals surface area contributed by atoms with E-state index in [0.717, 1.165) is 5.56 Å². The topological polar surface area (TPSA) is 126 Å². The predicted octanol–water partition coefficient (Wildman–Crippen LogP) is 3.43. The summed E-state index contributed by atoms with van der Waals surface area (Å²) in [6.45, 7) is 6.58. The Hall–Kier alpha value is -2.27. The molecule has 2 rings (SSSR count). The van der Waals surface area contributed by atoms with Gasteiger partial charge in [-0.1, -0.05) is 65.1 Å². The summed E-state index contributed by atoms with van der Waals surface area (Å²) in [6.07, 6.45) is 1.01. The van der Waals surface area contributed by atoms with Gasteiger partial charge in [0.1, 0.15) is 30.3 Å². The smallest absolute Gasteiger partial charge is 0.408 e. The Bertz CT molecular complexity index is 968. The Labute approximate surface area is 238 Å². The van der Waals surface area contributed by atoms with Crippen LogP contribution in [0.2, 0.25) is 0 Å². The fraction of sp³-hybridized carbons (Fsp3) is 0.600. The molecule has 1 aromatic carbocycles. The number of hydrogen-bond acceptors (Lipinski definition) is 7. The minimum atomic E-state index is -1.75. The van der Waals surface area contributed by atoms with Crippen LogP contribution in [0.15, 0.2) is 30.3 Å². The third-order valence-corrected chi connectivity index (χ3v) is 5.74. The number of esters is 1. The third kappa shape index (κ3) is 11.6. The fourth-order valence-corrected chi connectivity index (χ4v) is 3.82. The van der Waals surface area contributed by atoms with Gasteiger partial charge in [0, 0.05) is 6.54 Å². The van der Waals surface area contributed by atoms with Crippen LogP contribution in [-0.4, -0.2) is 69.6 Å². The molecular formula is C25H35Cl3N4O6. The van der Waals surface area contributed by atoms with E-state index in [2.05, 4.69) is 16.1 Å². The summed E-state index contributed by atoms with van der Waals surface area (Å²) in [4.78, 5) is 50.9. The number of amides is 3. The summed E-state index contributed by atoms with van der Waals surface area (Å²) in [5.74, 6) is -1.66. The van der Waals surface area contributed by atoms with E-state index in [9.17, 15) is 19.2 Å². The lowest BCUT2D eigenvalue weighted by Crippen LogP contribution is -2.60. The lowest BCUT2D eigenvalue weighted by atomic mass is 10.0. The van der Waals surface area contributed by atoms with Crippen molar-refractivity contribution in [1.29, 1.82) is 0 Å². The van der Waals surface area contributed by atoms with Gasteiger partial charge in [0.2, 0.25) is 9.70 Å². The maximum absolute atomic E-state index is 13.1. The van der Waals surface area contributed by atoms with E-state index < -0.39 is 58.0 Å². The van der Waals surface area contributed by atoms with Crippen LogP contribution in [0.5, 0.6) is 0 Å². The molecule has 1 heterocycles. The summed E-state index contributed by atoms with van der Waals surface area (Å²) >= 11 is 16.9. The fourth-order valence-electron chi connectivity index (χ4n) is 3.65. The van der Waals surface area contributed by atoms with E-state index in [1.54, 1.807) is 20.8 Å². The summed E-state index contributed by atoms with van der Waals surface area (Å²) < 4.78 is 8.57. The van der Waals surface area contributed by atoms with E-state index >= 15 is 0 Å². The van der Waals surface area contributed by atoms with Crippen molar-refractivity contribution in [2.24, 2.45) is 0 Å². The van der Waals surface area contributed by atoms with Crippen LogP contribution in [0.3, 0.4) is 0 Å². The number of hydrazine groups is 1. The van der Waals surface area contributed by atoms with Crippen LogP contribution >= 0.6 is 34.8 Å². The molecule has 3 N–H and O–H groups in total. The molecule has 1 saturated heterocycles. The summed E-state index contributed by atoms with van der Waals surface area (Å²) in [5.41, 5.74) is 3.06. The minimum Gasteiger partial charge on any atom is -0.460 e. The van der Waals surface area contributed by atoms with Crippen molar-refractivity contribution in [3.8, 4) is 0 Å². The van der Waals surface area contributed by atoms with Gasteiger partial charge in [-0.05, 0) is 58.9 Å². The van der Waals surface area contributed by atoms with Gasteiger partial charge in [0.05, 0.1) is 0 Å². The standard InChI is InChI=1S/C25H35Cl3N4O6/c1-16(21(34)32-14-8-11-19(31-32)22(35)37-15-25(26,27)28)29-20(33)18(30-23(36)38-24(2,3)4)13-12-17-9-6-5-7-10-17/h5-7,9-10,16,18-19,31H,8,11-15H2,1-4H3,(H,29,33)(H,30,36). The number of carbonyl (C=O) groups is 4. The van der Waals surface area contributed by atoms with Crippen molar-refractivity contribution in [3.05, 3.63) is 35.9 Å². The van der Waals surface area contributed by atoms with Crippen molar-refractivity contribution in [2.45, 2.75) is 80.9 Å². The predicted molar refractivity (Wildman–Crippen MR) is 145 cm³/mol. The van der Waals surface area contributed by atoms with Crippen molar-refractivity contribution >= 4 is 58.7 Å². The molecule has 3 amide bonds. The molecule has 1 aliphatic rings. The number of alkyl halides is 3. The van der Waals surface area contributed by atoms with Crippen molar-refractivity contribution in [1.82, 2.24) is 21.1 Å². The van der Waals surface area contributed by atoms with Crippen molar-refractivity contribution < 1.29 is 28.7 Å². The lowest BCUT2D eigenvalue weighted by Gasteiger charge is -2.34. The Morgan fingerprint density at radius 1 is 1.11 bits per heavy atom. The van der Waals surface area contributed by atoms with Crippen LogP contribution < -0.4 is 16.1 Å². The minimum absolute atomic E-state index is 0.287. The van der Waals surface area contributed by atoms with Crippen LogP contribution in [0.4, 0.5) is 4.79 Å². The summed E-state index contributed by atoms with van der Waals surface area (Å²) in [6, 6.07) is 6.80. The molecule has 0 saturated carbocycles. The molecule has 10 nitrogen and oxygen atoms in total. The molecule has 0 aromatic heterocycles. The lowest BCUT2D eigenvalue weighted by molar-refractivity contribution is -0.152. The molecule has 3 unspecified atom stereocenters. The van der Waals surface area contributed by atoms with Crippen LogP contribution in [-0.2, 0) is 30.3 Å². The Morgan fingerprint density at radius 3 is 2.37 bits per heavy atom. The molecular weight excluding hydrogens is 559 g/mol. The first-order valence-corrected chi connectivity index (χ1v) is 13.4. The average Bonchev–Trinajstić information content (AvgIpc) is 2.83. The Kier molecular flexibility index (Phi) is 11.9. The van der Waals surface area contributed by atoms with Gasteiger partial charge in [0.15, 0.2) is 0 Å². The van der Waals surface area contributed by atoms with E-state index in [4.69, 9.17) is 44.3 Å². The number of aryl methyl sites for hydroxylation is 1. The van der Waals surface area contributed by atoms with Gasteiger partial charge in [-0.15, -0.1) is 0 Å². The van der Waals surface area contributed by atoms with Crippen LogP contribution in [0.1, 0.15) is 52.5 Å². The molecule has 13 heteroatoms. The zero-order valence-corrected chi connectivity index (χ0v) is 24.2. The quantitative estimate of drug-likeness (QED) is 0.296. The van der Waals surface area contributed by atoms with E-state index in [1.165, 1.54) is 11.9 Å². The molecule has 0 radical (unpaired) electrons. The molecule has 1 aromatic rings. The maximum Gasteiger partial charge on any atom is 0.408 e. The first kappa shape index (κ1) is 31.9. The Morgan fingerprint density at radius 2 is 1.76 bits per heavy atom. The number of carbonyl (C=O) groups excluding carboxylic acids is 4. The van der Waals surface area contributed by atoms with E-state index in [0.29, 0.717) is 25.8 Å². The van der Waals surface area contributed by atoms with Crippen LogP contribution in [0, 0.1) is 0 Å². The molecule has 212 valence electrons. The SMILES string of the molecule is CC(NC(=O)C(CCc1ccccc1)NC(=O)OC(C)(C)C)C(=O)N1CCCC(C(=O)OCC(Cl)(Cl)Cl)N1. The van der Waals surface area contributed by atoms with Gasteiger partial charge in [-0.2, -0.15) is 0 Å². The second-order valence-corrected chi connectivity index (χ2v) is 12.5. The van der Waals surface area contributed by atoms with Gasteiger partial charge in [-0.25, -0.2) is 10.2 Å². The summed E-state index contributed by atoms with van der Waals surface area (Å²) in [7, 11) is 0. The molecule has 1 aliphatic heterocycles. The van der Waals surface area contributed by atoms with Gasteiger partial charge < -0.3 is 20.1 Å². The first-order chi connectivity index (χ1) is 17.6. The number of hydrogen-bond donors (Lipinski definition) is 3. The number of alkyl carbamates (subject to hydrolysis) is 1. The molecule has 38 heavy (non-hydrogen) atoms. The third-order valence-electron chi connectivity index (χ3n) is 5.42. The normalized spacial score (nSPS) is 17.7. The average molecular weight is 594 g/mol. The number of nitrogens with zero attached hydrogens (tertiary/aromatic N) is 1. The van der Waals surface area contributed by atoms with Crippen molar-refractivity contribution in [3.63, 3.8) is 0 Å². The molecule has 0 spiro atoms. The summed E-state index contributed by atoms with van der Waals surface area (Å²) in [5, 5.41) is 6.53.